The highest BCUT2D eigenvalue weighted by atomic mass is 16.5. The summed E-state index contributed by atoms with van der Waals surface area (Å²) in [6, 6.07) is 0. The number of Topliss-reactive ketones (excluding diaryl/α,β-unsaturated/α-hetero) is 1. The number of amides is 1. The van der Waals surface area contributed by atoms with Crippen molar-refractivity contribution in [2.75, 3.05) is 20.3 Å². The van der Waals surface area contributed by atoms with Gasteiger partial charge in [-0.3, -0.25) is 9.59 Å². The Kier molecular flexibility index (Phi) is 11.5. The zero-order chi connectivity index (χ0) is 9.98. The smallest absolute Gasteiger partial charge is 0.245 e. The molecule has 0 aliphatic heterocycles. The van der Waals surface area contributed by atoms with Gasteiger partial charge in [-0.05, 0) is 6.92 Å². The fraction of sp³-hybridized carbons (Fsp3) is 0.750. The van der Waals surface area contributed by atoms with Gasteiger partial charge in [0.25, 0.3) is 0 Å². The lowest BCUT2D eigenvalue weighted by Crippen LogP contribution is -2.24. The van der Waals surface area contributed by atoms with E-state index in [0.29, 0.717) is 0 Å². The van der Waals surface area contributed by atoms with Gasteiger partial charge in [0.2, 0.25) is 5.91 Å². The third kappa shape index (κ3) is 11.8. The molecule has 0 atom stereocenters. The van der Waals surface area contributed by atoms with Crippen LogP contribution in [0.3, 0.4) is 0 Å². The highest BCUT2D eigenvalue weighted by Crippen LogP contribution is 1.75. The van der Waals surface area contributed by atoms with Gasteiger partial charge in [0.05, 0.1) is 0 Å². The summed E-state index contributed by atoms with van der Waals surface area (Å²) in [5.74, 6) is -0.301. The van der Waals surface area contributed by atoms with Gasteiger partial charge in [-0.1, -0.05) is 13.8 Å². The minimum absolute atomic E-state index is 0.00736. The largest absolute Gasteiger partial charge is 0.364 e. The molecule has 4 nitrogen and oxygen atoms in total. The Balaban J connectivity index is 0. The normalized spacial score (nSPS) is 8.00. The van der Waals surface area contributed by atoms with E-state index >= 15 is 0 Å². The standard InChI is InChI=1S/C6H11NO3.C2H6/c1-5(8)3-10-4-6(9)7-2;1-2/h3-4H2,1-2H3,(H,7,9);1-2H3. The van der Waals surface area contributed by atoms with Crippen LogP contribution in [0.2, 0.25) is 0 Å². The summed E-state index contributed by atoms with van der Waals surface area (Å²) in [5.41, 5.74) is 0. The Bertz CT molecular complexity index is 134. The maximum atomic E-state index is 10.4. The average molecular weight is 175 g/mol. The molecule has 0 rings (SSSR count). The van der Waals surface area contributed by atoms with E-state index in [0.717, 1.165) is 0 Å². The molecule has 0 aromatic rings. The fourth-order valence-electron chi connectivity index (χ4n) is 0.360. The number of nitrogens with one attached hydrogen (secondary N) is 1. The van der Waals surface area contributed by atoms with E-state index in [4.69, 9.17) is 0 Å². The first kappa shape index (κ1) is 13.7. The lowest BCUT2D eigenvalue weighted by molar-refractivity contribution is -0.128. The first-order valence-corrected chi connectivity index (χ1v) is 3.94. The van der Waals surface area contributed by atoms with Crippen LogP contribution in [0, 0.1) is 0 Å². The molecule has 0 unspecified atom stereocenters. The summed E-state index contributed by atoms with van der Waals surface area (Å²) in [5, 5.41) is 2.36. The molecule has 12 heavy (non-hydrogen) atoms. The van der Waals surface area contributed by atoms with Crippen LogP contribution in [0.25, 0.3) is 0 Å². The second-order valence-corrected chi connectivity index (χ2v) is 1.87. The number of ketones is 1. The van der Waals surface area contributed by atoms with Crippen molar-refractivity contribution in [1.82, 2.24) is 5.32 Å². The quantitative estimate of drug-likeness (QED) is 0.671. The number of hydrogen-bond acceptors (Lipinski definition) is 3. The number of rotatable bonds is 4. The van der Waals surface area contributed by atoms with E-state index in [1.807, 2.05) is 13.8 Å². The Morgan fingerprint density at radius 3 is 2.08 bits per heavy atom. The molecule has 0 aliphatic carbocycles. The molecule has 72 valence electrons. The van der Waals surface area contributed by atoms with Gasteiger partial charge in [-0.15, -0.1) is 0 Å². The van der Waals surface area contributed by atoms with Crippen molar-refractivity contribution in [2.24, 2.45) is 0 Å². The molecule has 0 radical (unpaired) electrons. The summed E-state index contributed by atoms with van der Waals surface area (Å²) in [6.07, 6.45) is 0. The Morgan fingerprint density at radius 1 is 1.25 bits per heavy atom. The van der Waals surface area contributed by atoms with Gasteiger partial charge in [0.15, 0.2) is 5.78 Å². The molecule has 0 bridgehead atoms. The number of carbonyl (C=O) groups excluding carboxylic acids is 2. The van der Waals surface area contributed by atoms with Gasteiger partial charge < -0.3 is 10.1 Å². The minimum atomic E-state index is -0.221. The van der Waals surface area contributed by atoms with Gasteiger partial charge in [-0.25, -0.2) is 0 Å². The molecule has 1 N–H and O–H groups in total. The number of likely N-dealkylation sites (N-methyl/N-ethyl adjacent to an activating group) is 1. The van der Waals surface area contributed by atoms with E-state index in [2.05, 4.69) is 10.1 Å². The lowest BCUT2D eigenvalue weighted by atomic mass is 10.5. The van der Waals surface area contributed by atoms with E-state index in [1.54, 1.807) is 0 Å². The van der Waals surface area contributed by atoms with E-state index in [9.17, 15) is 9.59 Å². The van der Waals surface area contributed by atoms with Crippen LogP contribution >= 0.6 is 0 Å². The van der Waals surface area contributed by atoms with Crippen LogP contribution in [0.1, 0.15) is 20.8 Å². The number of hydrogen-bond donors (Lipinski definition) is 1. The lowest BCUT2D eigenvalue weighted by Gasteiger charge is -1.98. The number of ether oxygens (including phenoxy) is 1. The van der Waals surface area contributed by atoms with Crippen molar-refractivity contribution >= 4 is 11.7 Å². The Labute approximate surface area is 73.3 Å². The van der Waals surface area contributed by atoms with E-state index in [1.165, 1.54) is 14.0 Å². The second-order valence-electron chi connectivity index (χ2n) is 1.87. The molecule has 1 amide bonds. The molecule has 4 heteroatoms. The predicted octanol–water partition coefficient (Wildman–Crippen LogP) is 0.364. The highest BCUT2D eigenvalue weighted by molar-refractivity contribution is 5.79. The zero-order valence-electron chi connectivity index (χ0n) is 8.14. The maximum Gasteiger partial charge on any atom is 0.245 e. The molecule has 0 heterocycles. The molecule has 0 fully saturated rings. The molecular formula is C8H17NO3. The SMILES string of the molecule is CC.CNC(=O)COCC(C)=O. The highest BCUT2D eigenvalue weighted by Gasteiger charge is 1.97. The van der Waals surface area contributed by atoms with Gasteiger partial charge >= 0.3 is 0 Å². The van der Waals surface area contributed by atoms with Crippen molar-refractivity contribution < 1.29 is 14.3 Å². The fourth-order valence-corrected chi connectivity index (χ4v) is 0.360. The van der Waals surface area contributed by atoms with Crippen LogP contribution in [-0.4, -0.2) is 32.0 Å². The van der Waals surface area contributed by atoms with Gasteiger partial charge in [0.1, 0.15) is 13.2 Å². The first-order chi connectivity index (χ1) is 5.66. The van der Waals surface area contributed by atoms with Crippen LogP contribution in [0.5, 0.6) is 0 Å². The zero-order valence-corrected chi connectivity index (χ0v) is 8.14. The molecule has 0 aromatic carbocycles. The maximum absolute atomic E-state index is 10.4. The van der Waals surface area contributed by atoms with E-state index in [-0.39, 0.29) is 24.9 Å². The molecule has 0 spiro atoms. The van der Waals surface area contributed by atoms with Crippen molar-refractivity contribution in [1.29, 1.82) is 0 Å². The van der Waals surface area contributed by atoms with Crippen LogP contribution in [-0.2, 0) is 14.3 Å². The molecule has 0 saturated heterocycles. The predicted molar refractivity (Wildman–Crippen MR) is 46.9 cm³/mol. The van der Waals surface area contributed by atoms with Crippen molar-refractivity contribution in [3.8, 4) is 0 Å². The Morgan fingerprint density at radius 2 is 1.75 bits per heavy atom. The van der Waals surface area contributed by atoms with Crippen molar-refractivity contribution in [3.05, 3.63) is 0 Å². The summed E-state index contributed by atoms with van der Waals surface area (Å²) in [4.78, 5) is 20.7. The summed E-state index contributed by atoms with van der Waals surface area (Å²) in [6.45, 7) is 5.37. The van der Waals surface area contributed by atoms with Gasteiger partial charge in [-0.2, -0.15) is 0 Å². The topological polar surface area (TPSA) is 55.4 Å². The van der Waals surface area contributed by atoms with Crippen molar-refractivity contribution in [3.63, 3.8) is 0 Å². The second kappa shape index (κ2) is 10.1. The number of carbonyl (C=O) groups is 2. The minimum Gasteiger partial charge on any atom is -0.364 e. The molecular weight excluding hydrogens is 158 g/mol. The Hall–Kier alpha value is -0.900. The average Bonchev–Trinajstić information content (AvgIpc) is 2.07. The van der Waals surface area contributed by atoms with Crippen LogP contribution < -0.4 is 5.32 Å². The van der Waals surface area contributed by atoms with Crippen LogP contribution in [0.15, 0.2) is 0 Å². The molecule has 0 aliphatic rings. The third-order valence-electron chi connectivity index (χ3n) is 0.817. The molecule has 0 saturated carbocycles. The van der Waals surface area contributed by atoms with Gasteiger partial charge in [0, 0.05) is 7.05 Å². The first-order valence-electron chi connectivity index (χ1n) is 3.94. The third-order valence-corrected chi connectivity index (χ3v) is 0.817. The van der Waals surface area contributed by atoms with Crippen molar-refractivity contribution in [2.45, 2.75) is 20.8 Å². The monoisotopic (exact) mass is 175 g/mol. The van der Waals surface area contributed by atoms with E-state index < -0.39 is 0 Å². The molecule has 0 aromatic heterocycles. The van der Waals surface area contributed by atoms with Crippen LogP contribution in [0.4, 0.5) is 0 Å². The summed E-state index contributed by atoms with van der Waals surface area (Å²) < 4.78 is 4.69. The summed E-state index contributed by atoms with van der Waals surface area (Å²) >= 11 is 0. The summed E-state index contributed by atoms with van der Waals surface area (Å²) in [7, 11) is 1.51.